The fourth-order valence-corrected chi connectivity index (χ4v) is 4.83. The third-order valence-electron chi connectivity index (χ3n) is 6.34. The Morgan fingerprint density at radius 2 is 1.73 bits per heavy atom. The van der Waals surface area contributed by atoms with Crippen LogP contribution in [0.4, 0.5) is 4.79 Å². The van der Waals surface area contributed by atoms with Crippen LogP contribution in [0.15, 0.2) is 41.5 Å². The van der Waals surface area contributed by atoms with Crippen molar-refractivity contribution in [2.45, 2.75) is 39.0 Å². The van der Waals surface area contributed by atoms with Crippen LogP contribution in [0.5, 0.6) is 0 Å². The van der Waals surface area contributed by atoms with Gasteiger partial charge in [0, 0.05) is 60.8 Å². The van der Waals surface area contributed by atoms with Crippen molar-refractivity contribution < 1.29 is 23.9 Å². The molecular formula is C26H32BrN5O5. The van der Waals surface area contributed by atoms with Gasteiger partial charge in [0.15, 0.2) is 0 Å². The van der Waals surface area contributed by atoms with E-state index in [1.807, 2.05) is 39.0 Å². The first-order chi connectivity index (χ1) is 17.4. The van der Waals surface area contributed by atoms with Gasteiger partial charge >= 0.3 is 6.09 Å². The highest BCUT2D eigenvalue weighted by molar-refractivity contribution is 9.10. The van der Waals surface area contributed by atoms with Crippen LogP contribution < -0.4 is 5.32 Å². The number of fused-ring (bicyclic) bond motifs is 1. The Labute approximate surface area is 224 Å². The van der Waals surface area contributed by atoms with Crippen LogP contribution in [-0.2, 0) is 20.9 Å². The van der Waals surface area contributed by atoms with E-state index in [0.29, 0.717) is 44.8 Å². The number of hydrogen-bond acceptors (Lipinski definition) is 5. The average Bonchev–Trinajstić information content (AvgIpc) is 3.16. The SMILES string of the molecule is C=CC(=O)N1CC(NC(=O)Cn2cc(C(=O)N3CCN(C(=O)OC(C)(C)C)CC3)c3cc(Br)ccc32)C1. The maximum atomic E-state index is 13.5. The van der Waals surface area contributed by atoms with Gasteiger partial charge in [-0.3, -0.25) is 14.4 Å². The first-order valence-electron chi connectivity index (χ1n) is 12.2. The van der Waals surface area contributed by atoms with Gasteiger partial charge in [-0.25, -0.2) is 4.79 Å². The Morgan fingerprint density at radius 1 is 1.08 bits per heavy atom. The number of hydrogen-bond donors (Lipinski definition) is 1. The van der Waals surface area contributed by atoms with Gasteiger partial charge in [0.05, 0.1) is 11.6 Å². The highest BCUT2D eigenvalue weighted by Gasteiger charge is 2.31. The van der Waals surface area contributed by atoms with Crippen LogP contribution >= 0.6 is 15.9 Å². The Kier molecular flexibility index (Phi) is 7.63. The van der Waals surface area contributed by atoms with Crippen LogP contribution in [-0.4, -0.2) is 94.0 Å². The van der Waals surface area contributed by atoms with Crippen molar-refractivity contribution in [3.8, 4) is 0 Å². The van der Waals surface area contributed by atoms with Gasteiger partial charge in [-0.15, -0.1) is 0 Å². The van der Waals surface area contributed by atoms with E-state index in [1.165, 1.54) is 6.08 Å². The van der Waals surface area contributed by atoms with Gasteiger partial charge in [0.1, 0.15) is 12.1 Å². The number of benzene rings is 1. The van der Waals surface area contributed by atoms with Gasteiger partial charge in [0.2, 0.25) is 11.8 Å². The Balaban J connectivity index is 1.43. The molecule has 2 aromatic rings. The fraction of sp³-hybridized carbons (Fsp3) is 0.462. The first-order valence-corrected chi connectivity index (χ1v) is 13.0. The van der Waals surface area contributed by atoms with Crippen molar-refractivity contribution in [1.82, 2.24) is 24.6 Å². The van der Waals surface area contributed by atoms with Gasteiger partial charge in [-0.05, 0) is 45.0 Å². The largest absolute Gasteiger partial charge is 0.444 e. The molecule has 0 unspecified atom stereocenters. The highest BCUT2D eigenvalue weighted by atomic mass is 79.9. The van der Waals surface area contributed by atoms with E-state index in [2.05, 4.69) is 27.8 Å². The summed E-state index contributed by atoms with van der Waals surface area (Å²) in [5.41, 5.74) is 0.694. The van der Waals surface area contributed by atoms with Crippen molar-refractivity contribution in [1.29, 1.82) is 0 Å². The molecule has 4 amide bonds. The summed E-state index contributed by atoms with van der Waals surface area (Å²) in [5.74, 6) is -0.494. The standard InChI is InChI=1S/C26H32BrN5O5/c1-5-23(34)32-13-18(14-32)28-22(33)16-31-15-20(19-12-17(27)6-7-21(19)31)24(35)29-8-10-30(11-9-29)25(36)37-26(2,3)4/h5-7,12,15,18H,1,8-11,13-14,16H2,2-4H3,(H,28,33). The number of rotatable bonds is 5. The van der Waals surface area contributed by atoms with Crippen molar-refractivity contribution in [3.63, 3.8) is 0 Å². The van der Waals surface area contributed by atoms with Crippen molar-refractivity contribution in [2.24, 2.45) is 0 Å². The van der Waals surface area contributed by atoms with Gasteiger partial charge in [-0.1, -0.05) is 22.5 Å². The van der Waals surface area contributed by atoms with Gasteiger partial charge < -0.3 is 29.3 Å². The zero-order valence-corrected chi connectivity index (χ0v) is 22.9. The molecule has 11 heteroatoms. The van der Waals surface area contributed by atoms with E-state index in [1.54, 1.807) is 25.5 Å². The predicted molar refractivity (Wildman–Crippen MR) is 142 cm³/mol. The molecule has 0 bridgehead atoms. The number of piperazine rings is 1. The van der Waals surface area contributed by atoms with E-state index in [-0.39, 0.29) is 36.4 Å². The van der Waals surface area contributed by atoms with E-state index in [0.717, 1.165) is 15.4 Å². The number of carbonyl (C=O) groups is 4. The maximum Gasteiger partial charge on any atom is 0.410 e. The monoisotopic (exact) mass is 573 g/mol. The summed E-state index contributed by atoms with van der Waals surface area (Å²) in [6.07, 6.45) is 2.60. The zero-order valence-electron chi connectivity index (χ0n) is 21.3. The molecule has 37 heavy (non-hydrogen) atoms. The molecule has 1 N–H and O–H groups in total. The Morgan fingerprint density at radius 3 is 2.35 bits per heavy atom. The lowest BCUT2D eigenvalue weighted by molar-refractivity contribution is -0.133. The average molecular weight is 574 g/mol. The summed E-state index contributed by atoms with van der Waals surface area (Å²) in [6, 6.07) is 5.51. The van der Waals surface area contributed by atoms with E-state index in [9.17, 15) is 19.2 Å². The van der Waals surface area contributed by atoms with Gasteiger partial charge in [-0.2, -0.15) is 0 Å². The van der Waals surface area contributed by atoms with Crippen LogP contribution in [0, 0.1) is 0 Å². The lowest BCUT2D eigenvalue weighted by atomic mass is 10.1. The van der Waals surface area contributed by atoms with Crippen LogP contribution in [0.2, 0.25) is 0 Å². The Bertz CT molecular complexity index is 1240. The topological polar surface area (TPSA) is 104 Å². The molecule has 0 spiro atoms. The van der Waals surface area contributed by atoms with Crippen LogP contribution in [0.3, 0.4) is 0 Å². The molecule has 2 aliphatic rings. The molecule has 0 radical (unpaired) electrons. The van der Waals surface area contributed by atoms with Crippen molar-refractivity contribution >= 4 is 50.6 Å². The lowest BCUT2D eigenvalue weighted by Crippen LogP contribution is -2.61. The molecule has 2 aliphatic heterocycles. The smallest absolute Gasteiger partial charge is 0.410 e. The molecule has 0 saturated carbocycles. The van der Waals surface area contributed by atoms with Crippen LogP contribution in [0.25, 0.3) is 10.9 Å². The first kappa shape index (κ1) is 26.7. The fourth-order valence-electron chi connectivity index (χ4n) is 4.47. The van der Waals surface area contributed by atoms with Crippen LogP contribution in [0.1, 0.15) is 31.1 Å². The molecule has 1 aromatic carbocycles. The summed E-state index contributed by atoms with van der Waals surface area (Å²) < 4.78 is 8.04. The minimum absolute atomic E-state index is 0.0454. The van der Waals surface area contributed by atoms with E-state index < -0.39 is 5.60 Å². The molecule has 1 aromatic heterocycles. The molecule has 0 aliphatic carbocycles. The maximum absolute atomic E-state index is 13.5. The van der Waals surface area contributed by atoms with Gasteiger partial charge in [0.25, 0.3) is 5.91 Å². The summed E-state index contributed by atoms with van der Waals surface area (Å²) in [4.78, 5) is 55.2. The molecule has 2 saturated heterocycles. The third-order valence-corrected chi connectivity index (χ3v) is 6.83. The molecule has 2 fully saturated rings. The van der Waals surface area contributed by atoms with Crippen molar-refractivity contribution in [3.05, 3.63) is 47.1 Å². The number of aromatic nitrogens is 1. The molecule has 4 rings (SSSR count). The molecule has 3 heterocycles. The third kappa shape index (κ3) is 6.15. The number of halogens is 1. The zero-order chi connectivity index (χ0) is 26.9. The number of nitrogens with one attached hydrogen (secondary N) is 1. The number of amides is 4. The highest BCUT2D eigenvalue weighted by Crippen LogP contribution is 2.27. The summed E-state index contributed by atoms with van der Waals surface area (Å²) in [6.45, 7) is 11.5. The second-order valence-corrected chi connectivity index (χ2v) is 11.2. The molecule has 10 nitrogen and oxygen atoms in total. The minimum Gasteiger partial charge on any atom is -0.444 e. The molecule has 0 atom stereocenters. The molecule has 198 valence electrons. The summed E-state index contributed by atoms with van der Waals surface area (Å²) >= 11 is 3.48. The molecular weight excluding hydrogens is 542 g/mol. The van der Waals surface area contributed by atoms with Crippen molar-refractivity contribution in [2.75, 3.05) is 39.3 Å². The number of nitrogens with zero attached hydrogens (tertiary/aromatic N) is 4. The minimum atomic E-state index is -0.577. The second kappa shape index (κ2) is 10.6. The number of carbonyl (C=O) groups excluding carboxylic acids is 4. The Hall–Kier alpha value is -3.34. The summed E-state index contributed by atoms with van der Waals surface area (Å²) in [7, 11) is 0. The quantitative estimate of drug-likeness (QED) is 0.554. The second-order valence-electron chi connectivity index (χ2n) is 10.3. The summed E-state index contributed by atoms with van der Waals surface area (Å²) in [5, 5.41) is 3.68. The number of likely N-dealkylation sites (tertiary alicyclic amines) is 1. The predicted octanol–water partition coefficient (Wildman–Crippen LogP) is 2.61. The van der Waals surface area contributed by atoms with E-state index >= 15 is 0 Å². The normalized spacial score (nSPS) is 16.4. The van der Waals surface area contributed by atoms with E-state index in [4.69, 9.17) is 4.74 Å². The number of ether oxygens (including phenoxy) is 1. The lowest BCUT2D eigenvalue weighted by Gasteiger charge is -2.38.